The first-order valence-corrected chi connectivity index (χ1v) is 10.4. The van der Waals surface area contributed by atoms with E-state index < -0.39 is 0 Å². The van der Waals surface area contributed by atoms with E-state index in [1.807, 2.05) is 35.0 Å². The van der Waals surface area contributed by atoms with E-state index >= 15 is 0 Å². The van der Waals surface area contributed by atoms with Gasteiger partial charge < -0.3 is 10.1 Å². The van der Waals surface area contributed by atoms with Crippen LogP contribution in [0.2, 0.25) is 0 Å². The maximum atomic E-state index is 5.93. The van der Waals surface area contributed by atoms with E-state index in [0.717, 1.165) is 41.5 Å². The number of benzene rings is 3. The van der Waals surface area contributed by atoms with E-state index in [0.29, 0.717) is 6.61 Å². The van der Waals surface area contributed by atoms with Crippen molar-refractivity contribution in [3.05, 3.63) is 95.1 Å². The summed E-state index contributed by atoms with van der Waals surface area (Å²) in [5.74, 6) is 1.95. The Labute approximate surface area is 177 Å². The molecule has 30 heavy (non-hydrogen) atoms. The van der Waals surface area contributed by atoms with Gasteiger partial charge in [-0.1, -0.05) is 47.5 Å². The lowest BCUT2D eigenvalue weighted by molar-refractivity contribution is 0.306. The Morgan fingerprint density at radius 1 is 0.933 bits per heavy atom. The van der Waals surface area contributed by atoms with Crippen LogP contribution in [0.4, 0.5) is 5.82 Å². The van der Waals surface area contributed by atoms with Crippen LogP contribution in [0, 0.1) is 13.8 Å². The molecule has 2 heterocycles. The first-order chi connectivity index (χ1) is 14.7. The van der Waals surface area contributed by atoms with Crippen molar-refractivity contribution in [3.63, 3.8) is 0 Å². The van der Waals surface area contributed by atoms with E-state index in [1.54, 1.807) is 0 Å². The number of anilines is 1. The third-order valence-electron chi connectivity index (χ3n) is 5.48. The summed E-state index contributed by atoms with van der Waals surface area (Å²) in [6.45, 7) is 5.79. The maximum Gasteiger partial charge on any atom is 0.133 e. The summed E-state index contributed by atoms with van der Waals surface area (Å²) in [5, 5.41) is 8.51. The number of hydrogen-bond acceptors (Lipinski definition) is 3. The smallest absolute Gasteiger partial charge is 0.133 e. The molecule has 3 aromatic carbocycles. The molecule has 4 aromatic rings. The fourth-order valence-corrected chi connectivity index (χ4v) is 4.13. The minimum Gasteiger partial charge on any atom is -0.489 e. The number of ether oxygens (including phenoxy) is 1. The van der Waals surface area contributed by atoms with Gasteiger partial charge in [-0.25, -0.2) is 4.68 Å². The molecule has 1 aliphatic heterocycles. The highest BCUT2D eigenvalue weighted by molar-refractivity contribution is 5.73. The van der Waals surface area contributed by atoms with Gasteiger partial charge in [0.25, 0.3) is 0 Å². The molecule has 5 rings (SSSR count). The van der Waals surface area contributed by atoms with Crippen molar-refractivity contribution in [1.82, 2.24) is 9.78 Å². The van der Waals surface area contributed by atoms with Crippen LogP contribution in [-0.4, -0.2) is 16.3 Å². The Kier molecular flexibility index (Phi) is 4.75. The molecule has 1 aliphatic rings. The monoisotopic (exact) mass is 395 g/mol. The van der Waals surface area contributed by atoms with E-state index in [1.165, 1.54) is 22.3 Å². The summed E-state index contributed by atoms with van der Waals surface area (Å²) in [4.78, 5) is 0. The van der Waals surface area contributed by atoms with Crippen LogP contribution in [0.5, 0.6) is 5.75 Å². The molecule has 1 aromatic heterocycles. The van der Waals surface area contributed by atoms with Gasteiger partial charge in [0.2, 0.25) is 0 Å². The van der Waals surface area contributed by atoms with Gasteiger partial charge in [-0.05, 0) is 62.2 Å². The van der Waals surface area contributed by atoms with Gasteiger partial charge in [-0.15, -0.1) is 0 Å². The van der Waals surface area contributed by atoms with Crippen LogP contribution in [0.15, 0.2) is 72.8 Å². The summed E-state index contributed by atoms with van der Waals surface area (Å²) in [7, 11) is 0. The molecule has 0 bridgehead atoms. The molecular weight excluding hydrogens is 370 g/mol. The van der Waals surface area contributed by atoms with Gasteiger partial charge in [0.05, 0.1) is 11.4 Å². The van der Waals surface area contributed by atoms with Crippen LogP contribution in [0.25, 0.3) is 16.9 Å². The largest absolute Gasteiger partial charge is 0.489 e. The number of rotatable bonds is 5. The molecule has 0 atom stereocenters. The summed E-state index contributed by atoms with van der Waals surface area (Å²) in [6.07, 6.45) is 0.996. The van der Waals surface area contributed by atoms with Gasteiger partial charge >= 0.3 is 0 Å². The van der Waals surface area contributed by atoms with E-state index in [9.17, 15) is 0 Å². The number of fused-ring (bicyclic) bond motifs is 1. The van der Waals surface area contributed by atoms with Crippen molar-refractivity contribution in [2.24, 2.45) is 0 Å². The highest BCUT2D eigenvalue weighted by Gasteiger charge is 2.24. The molecule has 0 fully saturated rings. The summed E-state index contributed by atoms with van der Waals surface area (Å²) >= 11 is 0. The van der Waals surface area contributed by atoms with Crippen molar-refractivity contribution in [1.29, 1.82) is 0 Å². The SMILES string of the molecule is Cc1cc(C)cc(-c2nn(-c3ccc(OCc4ccccc4)cc3)c3c2CCN3)c1. The molecule has 150 valence electrons. The molecule has 1 N–H and O–H groups in total. The number of nitrogens with one attached hydrogen (secondary N) is 1. The zero-order valence-corrected chi connectivity index (χ0v) is 17.4. The lowest BCUT2D eigenvalue weighted by Crippen LogP contribution is -2.04. The minimum absolute atomic E-state index is 0.565. The molecule has 0 unspecified atom stereocenters. The topological polar surface area (TPSA) is 39.1 Å². The summed E-state index contributed by atoms with van der Waals surface area (Å²) < 4.78 is 7.96. The molecule has 0 saturated heterocycles. The van der Waals surface area contributed by atoms with Crippen LogP contribution >= 0.6 is 0 Å². The first-order valence-electron chi connectivity index (χ1n) is 10.4. The Balaban J connectivity index is 1.43. The Bertz CT molecular complexity index is 1160. The molecule has 4 nitrogen and oxygen atoms in total. The van der Waals surface area contributed by atoms with Crippen LogP contribution in [0.3, 0.4) is 0 Å². The molecule has 0 saturated carbocycles. The second-order valence-corrected chi connectivity index (χ2v) is 7.91. The van der Waals surface area contributed by atoms with Gasteiger partial charge in [0.1, 0.15) is 18.2 Å². The molecule has 0 aliphatic carbocycles. The van der Waals surface area contributed by atoms with Crippen molar-refractivity contribution < 1.29 is 4.74 Å². The number of aryl methyl sites for hydroxylation is 2. The molecule has 0 spiro atoms. The maximum absolute atomic E-state index is 5.93. The zero-order chi connectivity index (χ0) is 20.5. The van der Waals surface area contributed by atoms with Crippen LogP contribution < -0.4 is 10.1 Å². The fourth-order valence-electron chi connectivity index (χ4n) is 4.13. The van der Waals surface area contributed by atoms with Gasteiger partial charge in [0, 0.05) is 17.7 Å². The highest BCUT2D eigenvalue weighted by atomic mass is 16.5. The highest BCUT2D eigenvalue weighted by Crippen LogP contribution is 2.35. The average Bonchev–Trinajstić information content (AvgIpc) is 3.36. The van der Waals surface area contributed by atoms with E-state index in [4.69, 9.17) is 9.84 Å². The Morgan fingerprint density at radius 3 is 2.40 bits per heavy atom. The van der Waals surface area contributed by atoms with Crippen molar-refractivity contribution >= 4 is 5.82 Å². The average molecular weight is 396 g/mol. The Morgan fingerprint density at radius 2 is 1.67 bits per heavy atom. The lowest BCUT2D eigenvalue weighted by atomic mass is 10.0. The van der Waals surface area contributed by atoms with Gasteiger partial charge in [0.15, 0.2) is 0 Å². The minimum atomic E-state index is 0.565. The predicted octanol–water partition coefficient (Wildman–Crippen LogP) is 5.70. The molecule has 4 heteroatoms. The zero-order valence-electron chi connectivity index (χ0n) is 17.4. The van der Waals surface area contributed by atoms with Gasteiger partial charge in [-0.3, -0.25) is 0 Å². The van der Waals surface area contributed by atoms with E-state index in [2.05, 4.69) is 61.6 Å². The summed E-state index contributed by atoms with van der Waals surface area (Å²) in [5.41, 5.74) is 8.28. The first kappa shape index (κ1) is 18.5. The third-order valence-corrected chi connectivity index (χ3v) is 5.48. The number of hydrogen-bond donors (Lipinski definition) is 1. The number of nitrogens with zero attached hydrogens (tertiary/aromatic N) is 2. The van der Waals surface area contributed by atoms with Crippen LogP contribution in [0.1, 0.15) is 22.3 Å². The van der Waals surface area contributed by atoms with Crippen molar-refractivity contribution in [3.8, 4) is 22.7 Å². The quantitative estimate of drug-likeness (QED) is 0.471. The second kappa shape index (κ2) is 7.71. The lowest BCUT2D eigenvalue weighted by Gasteiger charge is -2.09. The molecule has 0 amide bonds. The molecular formula is C26H25N3O. The number of aromatic nitrogens is 2. The second-order valence-electron chi connectivity index (χ2n) is 7.91. The standard InChI is InChI=1S/C26H25N3O/c1-18-14-19(2)16-21(15-18)25-24-12-13-27-26(24)29(28-25)22-8-10-23(11-9-22)30-17-20-6-4-3-5-7-20/h3-11,14-16,27H,12-13,17H2,1-2H3. The normalized spacial score (nSPS) is 12.5. The third kappa shape index (κ3) is 3.57. The van der Waals surface area contributed by atoms with E-state index in [-0.39, 0.29) is 0 Å². The van der Waals surface area contributed by atoms with Crippen LogP contribution in [-0.2, 0) is 13.0 Å². The fraction of sp³-hybridized carbons (Fsp3) is 0.192. The Hall–Kier alpha value is -3.53. The molecule has 0 radical (unpaired) electrons. The predicted molar refractivity (Wildman–Crippen MR) is 121 cm³/mol. The summed E-state index contributed by atoms with van der Waals surface area (Å²) in [6, 6.07) is 25.0. The van der Waals surface area contributed by atoms with Crippen molar-refractivity contribution in [2.45, 2.75) is 26.9 Å². The van der Waals surface area contributed by atoms with Gasteiger partial charge in [-0.2, -0.15) is 5.10 Å². The van der Waals surface area contributed by atoms with Crippen molar-refractivity contribution in [2.75, 3.05) is 11.9 Å².